The molecular weight excluding hydrogens is 559 g/mol. The maximum atomic E-state index is 13.5. The number of hydrogen-bond donors (Lipinski definition) is 1. The molecule has 1 atom stereocenters. The number of ether oxygens (including phenoxy) is 1. The SMILES string of the molecule is CCCCN1C(=O)[C@H](CC(C)C)NC(=O)C12CCN(Cc1ccc(Oc3ccc(CN(C)C)cc3)cc1)CC2.Cl.Cl. The molecule has 1 N–H and O–H groups in total. The van der Waals surface area contributed by atoms with Crippen LogP contribution in [-0.4, -0.2) is 71.8 Å². The standard InChI is InChI=1S/C32H46N4O3.2ClH/c1-6-7-18-36-30(37)29(21-24(2)3)33-31(38)32(36)16-19-35(20-17-32)23-26-10-14-28(15-11-26)39-27-12-8-25(9-13-27)22-34(4)5;;/h8-15,24,29H,6-7,16-23H2,1-5H3,(H,33,38);2*1H/t29-;;/m0../s1. The molecule has 4 rings (SSSR count). The van der Waals surface area contributed by atoms with Gasteiger partial charge in [-0.15, -0.1) is 24.8 Å². The zero-order valence-electron chi connectivity index (χ0n) is 25.2. The van der Waals surface area contributed by atoms with E-state index in [-0.39, 0.29) is 36.6 Å². The first-order valence-electron chi connectivity index (χ1n) is 14.6. The molecule has 228 valence electrons. The lowest BCUT2D eigenvalue weighted by Crippen LogP contribution is -2.73. The van der Waals surface area contributed by atoms with Crippen LogP contribution in [0.4, 0.5) is 0 Å². The molecule has 2 aliphatic rings. The molecule has 2 aromatic carbocycles. The van der Waals surface area contributed by atoms with Gasteiger partial charge in [-0.25, -0.2) is 0 Å². The van der Waals surface area contributed by atoms with Gasteiger partial charge in [-0.2, -0.15) is 0 Å². The fourth-order valence-corrected chi connectivity index (χ4v) is 5.81. The zero-order valence-corrected chi connectivity index (χ0v) is 26.9. The normalized spacial score (nSPS) is 18.7. The number of benzene rings is 2. The summed E-state index contributed by atoms with van der Waals surface area (Å²) in [6, 6.07) is 16.1. The van der Waals surface area contributed by atoms with Crippen LogP contribution in [0.15, 0.2) is 48.5 Å². The van der Waals surface area contributed by atoms with Crippen molar-refractivity contribution in [2.45, 2.75) is 77.5 Å². The van der Waals surface area contributed by atoms with Crippen LogP contribution in [0.5, 0.6) is 11.5 Å². The lowest BCUT2D eigenvalue weighted by molar-refractivity contribution is -0.161. The first-order chi connectivity index (χ1) is 18.7. The second kappa shape index (κ2) is 15.8. The van der Waals surface area contributed by atoms with E-state index >= 15 is 0 Å². The summed E-state index contributed by atoms with van der Waals surface area (Å²) < 4.78 is 6.05. The Kier molecular flexibility index (Phi) is 13.4. The Bertz CT molecular complexity index is 1100. The summed E-state index contributed by atoms with van der Waals surface area (Å²) in [7, 11) is 4.12. The van der Waals surface area contributed by atoms with E-state index in [0.29, 0.717) is 31.7 Å². The quantitative estimate of drug-likeness (QED) is 0.345. The van der Waals surface area contributed by atoms with Crippen molar-refractivity contribution in [3.63, 3.8) is 0 Å². The van der Waals surface area contributed by atoms with Gasteiger partial charge in [0.05, 0.1) is 0 Å². The van der Waals surface area contributed by atoms with Gasteiger partial charge in [0.2, 0.25) is 11.8 Å². The Labute approximate surface area is 258 Å². The Balaban J connectivity index is 0.00000294. The van der Waals surface area contributed by atoms with Gasteiger partial charge in [-0.1, -0.05) is 51.5 Å². The molecule has 0 aromatic heterocycles. The Hall–Kier alpha value is -2.32. The number of amides is 2. The van der Waals surface area contributed by atoms with Crippen molar-refractivity contribution in [1.29, 1.82) is 0 Å². The number of rotatable bonds is 11. The first kappa shape index (κ1) is 34.9. The number of nitrogens with one attached hydrogen (secondary N) is 1. The molecule has 0 saturated carbocycles. The number of carbonyl (C=O) groups is 2. The number of unbranched alkanes of at least 4 members (excludes halogenated alkanes) is 1. The maximum absolute atomic E-state index is 13.5. The van der Waals surface area contributed by atoms with Crippen molar-refractivity contribution in [3.8, 4) is 11.5 Å². The fraction of sp³-hybridized carbons (Fsp3) is 0.562. The van der Waals surface area contributed by atoms with Crippen molar-refractivity contribution in [1.82, 2.24) is 20.0 Å². The van der Waals surface area contributed by atoms with Crippen LogP contribution in [0.3, 0.4) is 0 Å². The van der Waals surface area contributed by atoms with E-state index in [1.165, 1.54) is 11.1 Å². The molecule has 2 amide bonds. The monoisotopic (exact) mass is 606 g/mol. The van der Waals surface area contributed by atoms with Crippen LogP contribution >= 0.6 is 24.8 Å². The van der Waals surface area contributed by atoms with E-state index in [1.54, 1.807) is 0 Å². The Morgan fingerprint density at radius 2 is 1.51 bits per heavy atom. The average molecular weight is 608 g/mol. The summed E-state index contributed by atoms with van der Waals surface area (Å²) in [5.74, 6) is 2.15. The number of halogens is 2. The molecule has 7 nitrogen and oxygen atoms in total. The highest BCUT2D eigenvalue weighted by atomic mass is 35.5. The van der Waals surface area contributed by atoms with Gasteiger partial charge in [0.25, 0.3) is 0 Å². The van der Waals surface area contributed by atoms with E-state index in [1.807, 2.05) is 29.2 Å². The molecule has 2 fully saturated rings. The number of hydrogen-bond acceptors (Lipinski definition) is 5. The molecule has 2 saturated heterocycles. The summed E-state index contributed by atoms with van der Waals surface area (Å²) in [6.07, 6.45) is 3.97. The molecule has 2 heterocycles. The second-order valence-corrected chi connectivity index (χ2v) is 11.9. The van der Waals surface area contributed by atoms with Gasteiger partial charge in [0, 0.05) is 32.7 Å². The molecular formula is C32H48Cl2N4O3. The van der Waals surface area contributed by atoms with Gasteiger partial charge < -0.3 is 19.9 Å². The first-order valence-corrected chi connectivity index (χ1v) is 14.6. The van der Waals surface area contributed by atoms with Crippen LogP contribution in [0.1, 0.15) is 64.0 Å². The van der Waals surface area contributed by atoms with Crippen molar-refractivity contribution >= 4 is 36.6 Å². The Morgan fingerprint density at radius 1 is 0.951 bits per heavy atom. The number of nitrogens with zero attached hydrogens (tertiary/aromatic N) is 3. The van der Waals surface area contributed by atoms with Crippen molar-refractivity contribution < 1.29 is 14.3 Å². The molecule has 0 radical (unpaired) electrons. The third-order valence-electron chi connectivity index (χ3n) is 7.92. The summed E-state index contributed by atoms with van der Waals surface area (Å²) in [5.41, 5.74) is 1.75. The minimum atomic E-state index is -0.712. The van der Waals surface area contributed by atoms with Crippen LogP contribution in [-0.2, 0) is 22.7 Å². The minimum absolute atomic E-state index is 0. The molecule has 0 bridgehead atoms. The lowest BCUT2D eigenvalue weighted by Gasteiger charge is -2.52. The third kappa shape index (κ3) is 8.84. The van der Waals surface area contributed by atoms with E-state index in [2.05, 4.69) is 74.2 Å². The Morgan fingerprint density at radius 3 is 2.02 bits per heavy atom. The van der Waals surface area contributed by atoms with Crippen molar-refractivity contribution in [2.75, 3.05) is 33.7 Å². The molecule has 1 spiro atoms. The lowest BCUT2D eigenvalue weighted by atomic mass is 9.80. The molecule has 2 aromatic rings. The predicted molar refractivity (Wildman–Crippen MR) is 170 cm³/mol. The summed E-state index contributed by atoms with van der Waals surface area (Å²) in [6.45, 7) is 10.3. The number of piperazine rings is 1. The summed E-state index contributed by atoms with van der Waals surface area (Å²) in [5, 5.41) is 3.10. The smallest absolute Gasteiger partial charge is 0.246 e. The van der Waals surface area contributed by atoms with E-state index in [0.717, 1.165) is 50.5 Å². The second-order valence-electron chi connectivity index (χ2n) is 11.9. The average Bonchev–Trinajstić information content (AvgIpc) is 2.90. The topological polar surface area (TPSA) is 65.1 Å². The molecule has 9 heteroatoms. The van der Waals surface area contributed by atoms with Gasteiger partial charge >= 0.3 is 0 Å². The van der Waals surface area contributed by atoms with Gasteiger partial charge in [0.1, 0.15) is 23.1 Å². The predicted octanol–water partition coefficient (Wildman–Crippen LogP) is 5.89. The fourth-order valence-electron chi connectivity index (χ4n) is 5.81. The van der Waals surface area contributed by atoms with Crippen LogP contribution in [0.25, 0.3) is 0 Å². The number of carbonyl (C=O) groups excluding carboxylic acids is 2. The number of likely N-dealkylation sites (tertiary alicyclic amines) is 1. The maximum Gasteiger partial charge on any atom is 0.246 e. The summed E-state index contributed by atoms with van der Waals surface area (Å²) in [4.78, 5) is 33.4. The minimum Gasteiger partial charge on any atom is -0.457 e. The molecule has 0 unspecified atom stereocenters. The van der Waals surface area contributed by atoms with Gasteiger partial charge in [-0.05, 0) is 81.1 Å². The van der Waals surface area contributed by atoms with E-state index in [4.69, 9.17) is 4.74 Å². The number of piperidine rings is 1. The molecule has 2 aliphatic heterocycles. The van der Waals surface area contributed by atoms with Gasteiger partial charge in [0.15, 0.2) is 0 Å². The molecule has 41 heavy (non-hydrogen) atoms. The van der Waals surface area contributed by atoms with E-state index < -0.39 is 11.6 Å². The highest BCUT2D eigenvalue weighted by Gasteiger charge is 2.53. The third-order valence-corrected chi connectivity index (χ3v) is 7.92. The van der Waals surface area contributed by atoms with Crippen molar-refractivity contribution in [3.05, 3.63) is 59.7 Å². The highest BCUT2D eigenvalue weighted by molar-refractivity contribution is 6.00. The van der Waals surface area contributed by atoms with E-state index in [9.17, 15) is 9.59 Å². The van der Waals surface area contributed by atoms with Gasteiger partial charge in [-0.3, -0.25) is 14.5 Å². The molecule has 0 aliphatic carbocycles. The summed E-state index contributed by atoms with van der Waals surface area (Å²) >= 11 is 0. The van der Waals surface area contributed by atoms with Crippen LogP contribution in [0.2, 0.25) is 0 Å². The van der Waals surface area contributed by atoms with Crippen LogP contribution < -0.4 is 10.1 Å². The zero-order chi connectivity index (χ0) is 28.0. The van der Waals surface area contributed by atoms with Crippen molar-refractivity contribution in [2.24, 2.45) is 5.92 Å². The largest absolute Gasteiger partial charge is 0.457 e. The van der Waals surface area contributed by atoms with Crippen LogP contribution in [0, 0.1) is 5.92 Å². The highest BCUT2D eigenvalue weighted by Crippen LogP contribution is 2.35.